The molecule has 0 unspecified atom stereocenters. The summed E-state index contributed by atoms with van der Waals surface area (Å²) in [6.45, 7) is 0. The standard InChI is InChI=1S/C18H32O/c19-18-16-14-12-10-8-6-4-2-1-3-5-7-9-11-13-15-17-18/h12,14H,1-11,13,15-17H2. The molecular formula is C18H32O. The van der Waals surface area contributed by atoms with Crippen LogP contribution >= 0.6 is 0 Å². The molecule has 1 aliphatic carbocycles. The van der Waals surface area contributed by atoms with Gasteiger partial charge in [0.25, 0.3) is 0 Å². The fraction of sp³-hybridized carbons (Fsp3) is 0.833. The van der Waals surface area contributed by atoms with Gasteiger partial charge >= 0.3 is 0 Å². The Morgan fingerprint density at radius 1 is 0.579 bits per heavy atom. The lowest BCUT2D eigenvalue weighted by Gasteiger charge is -2.03. The number of Topliss-reactive ketones (excluding diaryl/α,β-unsaturated/α-hetero) is 1. The van der Waals surface area contributed by atoms with Crippen molar-refractivity contribution in [3.63, 3.8) is 0 Å². The molecule has 0 bridgehead atoms. The summed E-state index contributed by atoms with van der Waals surface area (Å²) >= 11 is 0. The van der Waals surface area contributed by atoms with Crippen molar-refractivity contribution in [1.82, 2.24) is 0 Å². The van der Waals surface area contributed by atoms with E-state index in [-0.39, 0.29) is 0 Å². The highest BCUT2D eigenvalue weighted by Gasteiger charge is 1.99. The van der Waals surface area contributed by atoms with E-state index in [9.17, 15) is 4.79 Å². The summed E-state index contributed by atoms with van der Waals surface area (Å²) in [5, 5.41) is 0. The fourth-order valence-corrected chi connectivity index (χ4v) is 2.79. The molecule has 0 aromatic heterocycles. The van der Waals surface area contributed by atoms with Crippen LogP contribution in [0.4, 0.5) is 0 Å². The number of carbonyl (C=O) groups is 1. The second-order valence-corrected chi connectivity index (χ2v) is 6.00. The van der Waals surface area contributed by atoms with Crippen molar-refractivity contribution < 1.29 is 4.79 Å². The third-order valence-corrected chi connectivity index (χ3v) is 4.09. The zero-order valence-corrected chi connectivity index (χ0v) is 12.7. The Hall–Kier alpha value is -0.590. The molecule has 0 heterocycles. The quantitative estimate of drug-likeness (QED) is 0.492. The van der Waals surface area contributed by atoms with Gasteiger partial charge in [-0.25, -0.2) is 0 Å². The summed E-state index contributed by atoms with van der Waals surface area (Å²) < 4.78 is 0. The first-order chi connectivity index (χ1) is 9.39. The Balaban J connectivity index is 2.17. The molecule has 1 rings (SSSR count). The van der Waals surface area contributed by atoms with Gasteiger partial charge in [-0.2, -0.15) is 0 Å². The second-order valence-electron chi connectivity index (χ2n) is 6.00. The van der Waals surface area contributed by atoms with Crippen LogP contribution in [0.2, 0.25) is 0 Å². The van der Waals surface area contributed by atoms with Crippen LogP contribution in [-0.4, -0.2) is 5.78 Å². The van der Waals surface area contributed by atoms with Crippen molar-refractivity contribution in [1.29, 1.82) is 0 Å². The molecule has 0 aromatic carbocycles. The van der Waals surface area contributed by atoms with E-state index in [2.05, 4.69) is 12.2 Å². The van der Waals surface area contributed by atoms with Crippen LogP contribution in [0.25, 0.3) is 0 Å². The summed E-state index contributed by atoms with van der Waals surface area (Å²) in [5.41, 5.74) is 0. The van der Waals surface area contributed by atoms with Crippen LogP contribution < -0.4 is 0 Å². The lowest BCUT2D eigenvalue weighted by molar-refractivity contribution is -0.118. The minimum Gasteiger partial charge on any atom is -0.299 e. The van der Waals surface area contributed by atoms with Gasteiger partial charge in [0.1, 0.15) is 5.78 Å². The van der Waals surface area contributed by atoms with Gasteiger partial charge in [-0.3, -0.25) is 4.79 Å². The summed E-state index contributed by atoms with van der Waals surface area (Å²) in [6.07, 6.45) is 23.1. The molecule has 0 radical (unpaired) electrons. The number of rotatable bonds is 0. The van der Waals surface area contributed by atoms with Crippen LogP contribution in [0, 0.1) is 0 Å². The van der Waals surface area contributed by atoms with E-state index < -0.39 is 0 Å². The highest BCUT2D eigenvalue weighted by atomic mass is 16.1. The first kappa shape index (κ1) is 16.5. The molecular weight excluding hydrogens is 232 g/mol. The van der Waals surface area contributed by atoms with Gasteiger partial charge < -0.3 is 0 Å². The van der Waals surface area contributed by atoms with Crippen LogP contribution in [0.5, 0.6) is 0 Å². The van der Waals surface area contributed by atoms with E-state index >= 15 is 0 Å². The average molecular weight is 264 g/mol. The smallest absolute Gasteiger partial charge is 0.136 e. The van der Waals surface area contributed by atoms with E-state index in [0.29, 0.717) is 12.2 Å². The normalized spacial score (nSPS) is 22.6. The predicted molar refractivity (Wildman–Crippen MR) is 83.4 cm³/mol. The Morgan fingerprint density at radius 3 is 1.63 bits per heavy atom. The van der Waals surface area contributed by atoms with Gasteiger partial charge in [0.05, 0.1) is 0 Å². The minimum atomic E-state index is 0.428. The van der Waals surface area contributed by atoms with Crippen molar-refractivity contribution in [3.05, 3.63) is 12.2 Å². The summed E-state index contributed by atoms with van der Waals surface area (Å²) in [4.78, 5) is 11.6. The maximum atomic E-state index is 11.6. The molecule has 0 atom stereocenters. The fourth-order valence-electron chi connectivity index (χ4n) is 2.79. The zero-order chi connectivity index (χ0) is 13.6. The highest BCUT2D eigenvalue weighted by Crippen LogP contribution is 2.14. The molecule has 19 heavy (non-hydrogen) atoms. The van der Waals surface area contributed by atoms with Crippen molar-refractivity contribution in [3.8, 4) is 0 Å². The third-order valence-electron chi connectivity index (χ3n) is 4.09. The van der Waals surface area contributed by atoms with Crippen molar-refractivity contribution >= 4 is 5.78 Å². The summed E-state index contributed by atoms with van der Waals surface area (Å²) in [7, 11) is 0. The van der Waals surface area contributed by atoms with E-state index in [1.165, 1.54) is 70.6 Å². The molecule has 1 heteroatoms. The van der Waals surface area contributed by atoms with Crippen LogP contribution in [0.3, 0.4) is 0 Å². The van der Waals surface area contributed by atoms with Gasteiger partial charge in [0.15, 0.2) is 0 Å². The van der Waals surface area contributed by atoms with Gasteiger partial charge in [0, 0.05) is 12.8 Å². The SMILES string of the molecule is O=C1CC=CCCCCCCCCCCCCCC1. The molecule has 0 saturated carbocycles. The van der Waals surface area contributed by atoms with Gasteiger partial charge in [-0.05, 0) is 19.3 Å². The van der Waals surface area contributed by atoms with Crippen LogP contribution in [0.15, 0.2) is 12.2 Å². The lowest BCUT2D eigenvalue weighted by atomic mass is 10.0. The molecule has 0 aromatic rings. The number of hydrogen-bond donors (Lipinski definition) is 0. The van der Waals surface area contributed by atoms with Crippen molar-refractivity contribution in [2.75, 3.05) is 0 Å². The first-order valence-corrected chi connectivity index (χ1v) is 8.56. The maximum Gasteiger partial charge on any atom is 0.136 e. The average Bonchev–Trinajstić information content (AvgIpc) is 2.41. The van der Waals surface area contributed by atoms with Gasteiger partial charge in [-0.1, -0.05) is 76.4 Å². The van der Waals surface area contributed by atoms with Crippen molar-refractivity contribution in [2.45, 2.75) is 96.3 Å². The van der Waals surface area contributed by atoms with Crippen molar-refractivity contribution in [2.24, 2.45) is 0 Å². The molecule has 110 valence electrons. The molecule has 0 aliphatic heterocycles. The summed E-state index contributed by atoms with van der Waals surface area (Å²) in [6, 6.07) is 0. The molecule has 0 saturated heterocycles. The Bertz CT molecular complexity index is 242. The Morgan fingerprint density at radius 2 is 1.05 bits per heavy atom. The third kappa shape index (κ3) is 11.0. The molecule has 0 spiro atoms. The molecule has 1 nitrogen and oxygen atoms in total. The molecule has 1 aliphatic rings. The maximum absolute atomic E-state index is 11.6. The summed E-state index contributed by atoms with van der Waals surface area (Å²) in [5.74, 6) is 0.428. The Kier molecular flexibility index (Phi) is 10.8. The molecule has 0 N–H and O–H groups in total. The number of allylic oxidation sites excluding steroid dienone is 2. The van der Waals surface area contributed by atoms with Crippen LogP contribution in [0.1, 0.15) is 96.3 Å². The number of ketones is 1. The largest absolute Gasteiger partial charge is 0.299 e. The van der Waals surface area contributed by atoms with Crippen LogP contribution in [-0.2, 0) is 4.79 Å². The van der Waals surface area contributed by atoms with E-state index in [0.717, 1.165) is 19.3 Å². The lowest BCUT2D eigenvalue weighted by Crippen LogP contribution is -1.95. The molecule has 0 amide bonds. The minimum absolute atomic E-state index is 0.428. The zero-order valence-electron chi connectivity index (χ0n) is 12.7. The Labute approximate surface area is 119 Å². The topological polar surface area (TPSA) is 17.1 Å². The second kappa shape index (κ2) is 12.4. The van der Waals surface area contributed by atoms with E-state index in [4.69, 9.17) is 0 Å². The highest BCUT2D eigenvalue weighted by molar-refractivity contribution is 5.79. The first-order valence-electron chi connectivity index (χ1n) is 8.56. The van der Waals surface area contributed by atoms with E-state index in [1.807, 2.05) is 0 Å². The predicted octanol–water partition coefficient (Wildman–Crippen LogP) is 5.98. The monoisotopic (exact) mass is 264 g/mol. The number of hydrogen-bond acceptors (Lipinski definition) is 1. The number of carbonyl (C=O) groups excluding carboxylic acids is 1. The van der Waals surface area contributed by atoms with Gasteiger partial charge in [0.2, 0.25) is 0 Å². The molecule has 0 fully saturated rings. The van der Waals surface area contributed by atoms with E-state index in [1.54, 1.807) is 0 Å². The van der Waals surface area contributed by atoms with Gasteiger partial charge in [-0.15, -0.1) is 0 Å².